The van der Waals surface area contributed by atoms with Crippen molar-refractivity contribution in [2.75, 3.05) is 6.54 Å². The predicted octanol–water partition coefficient (Wildman–Crippen LogP) is 0.596. The highest BCUT2D eigenvalue weighted by Gasteiger charge is 1.85. The van der Waals surface area contributed by atoms with Crippen LogP contribution >= 0.6 is 0 Å². The zero-order valence-electron chi connectivity index (χ0n) is 4.02. The monoisotopic (exact) mass is 93.1 g/mol. The second kappa shape index (κ2) is 1.78. The number of nitrogens with two attached hydrogens (primary N) is 1. The fourth-order valence-electron chi connectivity index (χ4n) is 0.485. The molecule has 2 N–H and O–H groups in total. The van der Waals surface area contributed by atoms with Gasteiger partial charge in [0, 0.05) is 6.54 Å². The van der Waals surface area contributed by atoms with Gasteiger partial charge in [-0.1, -0.05) is 0 Å². The quantitative estimate of drug-likeness (QED) is 0.472. The van der Waals surface area contributed by atoms with Crippen LogP contribution in [0.4, 0.5) is 0 Å². The minimum Gasteiger partial charge on any atom is -0.326 e. The highest BCUT2D eigenvalue weighted by Crippen LogP contribution is 1.97. The van der Waals surface area contributed by atoms with Crippen molar-refractivity contribution in [3.05, 3.63) is 29.5 Å². The zero-order chi connectivity index (χ0) is 5.11. The predicted molar refractivity (Wildman–Crippen MR) is 29.8 cm³/mol. The summed E-state index contributed by atoms with van der Waals surface area (Å²) < 4.78 is 0. The van der Waals surface area contributed by atoms with E-state index < -0.39 is 0 Å². The van der Waals surface area contributed by atoms with Crippen LogP contribution < -0.4 is 5.73 Å². The van der Waals surface area contributed by atoms with Crippen molar-refractivity contribution in [1.82, 2.24) is 0 Å². The molecule has 0 atom stereocenters. The molecule has 1 nitrogen and oxygen atoms in total. The van der Waals surface area contributed by atoms with Gasteiger partial charge in [-0.2, -0.15) is 0 Å². The summed E-state index contributed by atoms with van der Waals surface area (Å²) in [6, 6.07) is 0. The SMILES string of the molecule is NCC1=CC=C=C1. The third-order valence-corrected chi connectivity index (χ3v) is 0.898. The molecule has 7 heavy (non-hydrogen) atoms. The van der Waals surface area contributed by atoms with Crippen molar-refractivity contribution >= 4 is 0 Å². The minimum absolute atomic E-state index is 0.628. The van der Waals surface area contributed by atoms with E-state index in [0.717, 1.165) is 5.57 Å². The highest BCUT2D eigenvalue weighted by molar-refractivity contribution is 5.30. The van der Waals surface area contributed by atoms with Gasteiger partial charge in [-0.15, -0.1) is 5.73 Å². The fourth-order valence-corrected chi connectivity index (χ4v) is 0.485. The number of hydrogen-bond donors (Lipinski definition) is 1. The van der Waals surface area contributed by atoms with Crippen molar-refractivity contribution < 1.29 is 0 Å². The molecule has 1 aliphatic rings. The molecule has 0 radical (unpaired) electrons. The van der Waals surface area contributed by atoms with E-state index >= 15 is 0 Å². The van der Waals surface area contributed by atoms with E-state index in [-0.39, 0.29) is 0 Å². The Morgan fingerprint density at radius 3 is 2.86 bits per heavy atom. The molecular weight excluding hydrogens is 86.1 g/mol. The number of hydrogen-bond acceptors (Lipinski definition) is 1. The highest BCUT2D eigenvalue weighted by atomic mass is 14.5. The van der Waals surface area contributed by atoms with Gasteiger partial charge >= 0.3 is 0 Å². The summed E-state index contributed by atoms with van der Waals surface area (Å²) in [6.07, 6.45) is 5.71. The lowest BCUT2D eigenvalue weighted by molar-refractivity contribution is 1.19. The summed E-state index contributed by atoms with van der Waals surface area (Å²) in [5, 5.41) is 0. The maximum Gasteiger partial charge on any atom is 0.0184 e. The van der Waals surface area contributed by atoms with E-state index in [0.29, 0.717) is 6.54 Å². The summed E-state index contributed by atoms with van der Waals surface area (Å²) in [4.78, 5) is 0. The van der Waals surface area contributed by atoms with Gasteiger partial charge in [-0.25, -0.2) is 0 Å². The van der Waals surface area contributed by atoms with Gasteiger partial charge in [0.05, 0.1) is 0 Å². The molecule has 0 unspecified atom stereocenters. The van der Waals surface area contributed by atoms with Crippen LogP contribution in [-0.2, 0) is 0 Å². The molecule has 0 aromatic heterocycles. The van der Waals surface area contributed by atoms with Crippen LogP contribution in [0.1, 0.15) is 0 Å². The van der Waals surface area contributed by atoms with Gasteiger partial charge in [0.1, 0.15) is 0 Å². The third-order valence-electron chi connectivity index (χ3n) is 0.898. The Morgan fingerprint density at radius 1 is 1.71 bits per heavy atom. The van der Waals surface area contributed by atoms with E-state index in [1.807, 2.05) is 18.2 Å². The normalized spacial score (nSPS) is 15.3. The number of allylic oxidation sites excluding steroid dienone is 1. The lowest BCUT2D eigenvalue weighted by Crippen LogP contribution is -1.98. The van der Waals surface area contributed by atoms with Gasteiger partial charge < -0.3 is 5.73 Å². The van der Waals surface area contributed by atoms with Crippen LogP contribution in [0, 0.1) is 0 Å². The Labute approximate surface area is 42.8 Å². The summed E-state index contributed by atoms with van der Waals surface area (Å²) in [6.45, 7) is 0.628. The Hall–Kier alpha value is -0.780. The molecule has 0 spiro atoms. The molecule has 0 saturated carbocycles. The summed E-state index contributed by atoms with van der Waals surface area (Å²) in [5.41, 5.74) is 9.33. The Balaban J connectivity index is 2.63. The Kier molecular flexibility index (Phi) is 1.12. The van der Waals surface area contributed by atoms with Crippen molar-refractivity contribution in [2.24, 2.45) is 5.73 Å². The van der Waals surface area contributed by atoms with Gasteiger partial charge in [-0.3, -0.25) is 0 Å². The molecule has 0 aliphatic heterocycles. The molecule has 1 aliphatic carbocycles. The van der Waals surface area contributed by atoms with Gasteiger partial charge in [0.2, 0.25) is 0 Å². The van der Waals surface area contributed by atoms with Crippen LogP contribution in [0.5, 0.6) is 0 Å². The van der Waals surface area contributed by atoms with E-state index in [2.05, 4.69) is 5.73 Å². The first-order valence-corrected chi connectivity index (χ1v) is 2.25. The largest absolute Gasteiger partial charge is 0.326 e. The van der Waals surface area contributed by atoms with Crippen LogP contribution in [0.25, 0.3) is 0 Å². The van der Waals surface area contributed by atoms with Crippen molar-refractivity contribution in [2.45, 2.75) is 0 Å². The minimum atomic E-state index is 0.628. The first-order valence-electron chi connectivity index (χ1n) is 2.25. The molecule has 0 saturated heterocycles. The van der Waals surface area contributed by atoms with Crippen molar-refractivity contribution in [3.63, 3.8) is 0 Å². The maximum absolute atomic E-state index is 5.27. The standard InChI is InChI=1S/C6H7N/c7-5-6-3-1-2-4-6/h1,3-4H,5,7H2. The first-order chi connectivity index (χ1) is 3.43. The Bertz CT molecular complexity index is 148. The molecule has 0 aromatic carbocycles. The molecule has 0 fully saturated rings. The van der Waals surface area contributed by atoms with E-state index in [1.54, 1.807) is 0 Å². The fraction of sp³-hybridized carbons (Fsp3) is 0.167. The summed E-state index contributed by atoms with van der Waals surface area (Å²) >= 11 is 0. The third kappa shape index (κ3) is 0.801. The summed E-state index contributed by atoms with van der Waals surface area (Å²) in [7, 11) is 0. The molecule has 1 rings (SSSR count). The van der Waals surface area contributed by atoms with Gasteiger partial charge in [-0.05, 0) is 23.8 Å². The first kappa shape index (κ1) is 4.38. The Morgan fingerprint density at radius 2 is 2.57 bits per heavy atom. The lowest BCUT2D eigenvalue weighted by atomic mass is 10.3. The lowest BCUT2D eigenvalue weighted by Gasteiger charge is -1.84. The number of rotatable bonds is 1. The van der Waals surface area contributed by atoms with E-state index in [9.17, 15) is 0 Å². The van der Waals surface area contributed by atoms with Crippen molar-refractivity contribution in [1.29, 1.82) is 0 Å². The molecule has 0 bridgehead atoms. The molecule has 0 heterocycles. The molecular formula is C6H7N. The summed E-state index contributed by atoms with van der Waals surface area (Å²) in [5.74, 6) is 0. The van der Waals surface area contributed by atoms with E-state index in [4.69, 9.17) is 5.73 Å². The van der Waals surface area contributed by atoms with Crippen LogP contribution in [0.2, 0.25) is 0 Å². The smallest absolute Gasteiger partial charge is 0.0184 e. The average molecular weight is 93.1 g/mol. The van der Waals surface area contributed by atoms with Crippen LogP contribution in [-0.4, -0.2) is 6.54 Å². The van der Waals surface area contributed by atoms with E-state index in [1.165, 1.54) is 0 Å². The van der Waals surface area contributed by atoms with Crippen LogP contribution in [0.3, 0.4) is 0 Å². The van der Waals surface area contributed by atoms with Gasteiger partial charge in [0.25, 0.3) is 0 Å². The second-order valence-corrected chi connectivity index (χ2v) is 1.42. The molecule has 0 aromatic rings. The second-order valence-electron chi connectivity index (χ2n) is 1.42. The van der Waals surface area contributed by atoms with Crippen molar-refractivity contribution in [3.8, 4) is 0 Å². The van der Waals surface area contributed by atoms with Gasteiger partial charge in [0.15, 0.2) is 0 Å². The topological polar surface area (TPSA) is 26.0 Å². The molecule has 36 valence electrons. The maximum atomic E-state index is 5.27. The zero-order valence-corrected chi connectivity index (χ0v) is 4.02. The molecule has 1 heteroatoms. The average Bonchev–Trinajstić information content (AvgIpc) is 2.14. The molecule has 0 amide bonds. The van der Waals surface area contributed by atoms with Crippen LogP contribution in [0.15, 0.2) is 29.5 Å².